The third kappa shape index (κ3) is 2.99. The van der Waals surface area contributed by atoms with Gasteiger partial charge in [-0.05, 0) is 32.9 Å². The maximum absolute atomic E-state index is 6.16. The van der Waals surface area contributed by atoms with Gasteiger partial charge in [-0.25, -0.2) is 4.98 Å². The highest BCUT2D eigenvalue weighted by molar-refractivity contribution is 6.17. The highest BCUT2D eigenvalue weighted by atomic mass is 35.5. The van der Waals surface area contributed by atoms with Crippen LogP contribution in [0.4, 0.5) is 5.82 Å². The molecule has 1 aromatic carbocycles. The molecule has 4 heteroatoms. The molecule has 3 nitrogen and oxygen atoms in total. The molecule has 0 radical (unpaired) electrons. The predicted molar refractivity (Wildman–Crippen MR) is 88.1 cm³/mol. The molecular weight excluding hydrogens is 284 g/mol. The van der Waals surface area contributed by atoms with E-state index in [1.165, 1.54) is 0 Å². The Kier molecular flexibility index (Phi) is 3.80. The molecule has 112 valence electrons. The van der Waals surface area contributed by atoms with Gasteiger partial charge in [0.05, 0.1) is 23.1 Å². The van der Waals surface area contributed by atoms with Crippen LogP contribution in [0.2, 0.25) is 0 Å². The van der Waals surface area contributed by atoms with Gasteiger partial charge in [0.15, 0.2) is 0 Å². The van der Waals surface area contributed by atoms with E-state index in [0.717, 1.165) is 35.4 Å². The molecule has 1 fully saturated rings. The number of benzene rings is 1. The molecule has 3 rings (SSSR count). The standard InChI is InChI=1S/C17H21ClN2O/c1-12-10-20(11-17(2,3)21-12)16-14(9-18)8-13-6-4-5-7-15(13)19-16/h4-8,12H,9-11H2,1-3H3. The second-order valence-electron chi connectivity index (χ2n) is 6.37. The van der Waals surface area contributed by atoms with Crippen LogP contribution >= 0.6 is 11.6 Å². The molecule has 0 N–H and O–H groups in total. The lowest BCUT2D eigenvalue weighted by atomic mass is 10.0. The third-order valence-electron chi connectivity index (χ3n) is 3.79. The second kappa shape index (κ2) is 5.47. The Labute approximate surface area is 130 Å². The normalized spacial score (nSPS) is 21.7. The van der Waals surface area contributed by atoms with Gasteiger partial charge in [-0.2, -0.15) is 0 Å². The molecule has 0 bridgehead atoms. The first-order valence-electron chi connectivity index (χ1n) is 7.36. The smallest absolute Gasteiger partial charge is 0.133 e. The Balaban J connectivity index is 2.06. The van der Waals surface area contributed by atoms with Gasteiger partial charge >= 0.3 is 0 Å². The molecule has 1 aliphatic heterocycles. The molecule has 0 saturated carbocycles. The Morgan fingerprint density at radius 3 is 2.86 bits per heavy atom. The largest absolute Gasteiger partial charge is 0.369 e. The SMILES string of the molecule is CC1CN(c2nc3ccccc3cc2CCl)CC(C)(C)O1. The van der Waals surface area contributed by atoms with Gasteiger partial charge < -0.3 is 9.64 Å². The van der Waals surface area contributed by atoms with Crippen LogP contribution in [0.3, 0.4) is 0 Å². The van der Waals surface area contributed by atoms with Crippen LogP contribution in [-0.4, -0.2) is 29.8 Å². The quantitative estimate of drug-likeness (QED) is 0.785. The van der Waals surface area contributed by atoms with E-state index in [2.05, 4.69) is 37.8 Å². The number of halogens is 1. The van der Waals surface area contributed by atoms with Gasteiger partial charge in [-0.15, -0.1) is 11.6 Å². The summed E-state index contributed by atoms with van der Waals surface area (Å²) in [5.41, 5.74) is 1.92. The maximum atomic E-state index is 6.16. The number of alkyl halides is 1. The van der Waals surface area contributed by atoms with Crippen LogP contribution in [0, 0.1) is 0 Å². The first-order chi connectivity index (χ1) is 9.98. The monoisotopic (exact) mass is 304 g/mol. The van der Waals surface area contributed by atoms with Crippen molar-refractivity contribution in [1.29, 1.82) is 0 Å². The van der Waals surface area contributed by atoms with Crippen LogP contribution < -0.4 is 4.90 Å². The summed E-state index contributed by atoms with van der Waals surface area (Å²) in [6, 6.07) is 10.3. The van der Waals surface area contributed by atoms with Crippen LogP contribution in [0.25, 0.3) is 10.9 Å². The summed E-state index contributed by atoms with van der Waals surface area (Å²) < 4.78 is 5.98. The molecule has 1 aliphatic rings. The summed E-state index contributed by atoms with van der Waals surface area (Å²) in [6.07, 6.45) is 0.185. The van der Waals surface area contributed by atoms with E-state index in [4.69, 9.17) is 21.3 Å². The van der Waals surface area contributed by atoms with Crippen LogP contribution in [0.5, 0.6) is 0 Å². The molecule has 1 saturated heterocycles. The topological polar surface area (TPSA) is 25.4 Å². The minimum Gasteiger partial charge on any atom is -0.369 e. The molecular formula is C17H21ClN2O. The molecule has 2 heterocycles. The molecule has 1 aromatic heterocycles. The third-order valence-corrected chi connectivity index (χ3v) is 4.08. The van der Waals surface area contributed by atoms with Crippen molar-refractivity contribution in [2.45, 2.75) is 38.4 Å². The average Bonchev–Trinajstić information content (AvgIpc) is 2.43. The summed E-state index contributed by atoms with van der Waals surface area (Å²) in [5, 5.41) is 1.14. The zero-order chi connectivity index (χ0) is 15.0. The fraction of sp³-hybridized carbons (Fsp3) is 0.471. The van der Waals surface area contributed by atoms with E-state index in [1.54, 1.807) is 0 Å². The molecule has 0 amide bonds. The number of fused-ring (bicyclic) bond motifs is 1. The van der Waals surface area contributed by atoms with Crippen LogP contribution in [0.1, 0.15) is 26.3 Å². The fourth-order valence-electron chi connectivity index (χ4n) is 3.14. The number of ether oxygens (including phenoxy) is 1. The van der Waals surface area contributed by atoms with E-state index in [-0.39, 0.29) is 11.7 Å². The van der Waals surface area contributed by atoms with Crippen molar-refractivity contribution < 1.29 is 4.74 Å². The lowest BCUT2D eigenvalue weighted by Gasteiger charge is -2.42. The van der Waals surface area contributed by atoms with Crippen molar-refractivity contribution in [3.8, 4) is 0 Å². The van der Waals surface area contributed by atoms with Crippen molar-refractivity contribution in [2.24, 2.45) is 0 Å². The fourth-order valence-corrected chi connectivity index (χ4v) is 3.33. The lowest BCUT2D eigenvalue weighted by molar-refractivity contribution is -0.0751. The summed E-state index contributed by atoms with van der Waals surface area (Å²) >= 11 is 6.16. The summed E-state index contributed by atoms with van der Waals surface area (Å²) in [7, 11) is 0. The van der Waals surface area contributed by atoms with Crippen molar-refractivity contribution in [3.63, 3.8) is 0 Å². The maximum Gasteiger partial charge on any atom is 0.133 e. The highest BCUT2D eigenvalue weighted by Gasteiger charge is 2.32. The number of hydrogen-bond donors (Lipinski definition) is 0. The number of aromatic nitrogens is 1. The highest BCUT2D eigenvalue weighted by Crippen LogP contribution is 2.30. The molecule has 0 spiro atoms. The Morgan fingerprint density at radius 1 is 1.38 bits per heavy atom. The molecule has 0 aliphatic carbocycles. The van der Waals surface area contributed by atoms with Crippen molar-refractivity contribution in [2.75, 3.05) is 18.0 Å². The predicted octanol–water partition coefficient (Wildman–Crippen LogP) is 3.98. The number of anilines is 1. The van der Waals surface area contributed by atoms with E-state index < -0.39 is 0 Å². The van der Waals surface area contributed by atoms with Gasteiger partial charge in [-0.1, -0.05) is 18.2 Å². The van der Waals surface area contributed by atoms with E-state index in [0.29, 0.717) is 5.88 Å². The Hall–Kier alpha value is -1.32. The van der Waals surface area contributed by atoms with E-state index >= 15 is 0 Å². The minimum atomic E-state index is -0.172. The van der Waals surface area contributed by atoms with Gasteiger partial charge in [-0.3, -0.25) is 0 Å². The molecule has 21 heavy (non-hydrogen) atoms. The van der Waals surface area contributed by atoms with Crippen LogP contribution in [-0.2, 0) is 10.6 Å². The number of morpholine rings is 1. The lowest BCUT2D eigenvalue weighted by Crippen LogP contribution is -2.52. The number of para-hydroxylation sites is 1. The Bertz CT molecular complexity index is 656. The van der Waals surface area contributed by atoms with Gasteiger partial charge in [0.25, 0.3) is 0 Å². The zero-order valence-corrected chi connectivity index (χ0v) is 13.5. The van der Waals surface area contributed by atoms with Crippen molar-refractivity contribution in [1.82, 2.24) is 4.98 Å². The first kappa shape index (κ1) is 14.6. The van der Waals surface area contributed by atoms with E-state index in [9.17, 15) is 0 Å². The zero-order valence-electron chi connectivity index (χ0n) is 12.8. The number of nitrogens with zero attached hydrogens (tertiary/aromatic N) is 2. The van der Waals surface area contributed by atoms with Crippen LogP contribution in [0.15, 0.2) is 30.3 Å². The second-order valence-corrected chi connectivity index (χ2v) is 6.63. The molecule has 1 atom stereocenters. The van der Waals surface area contributed by atoms with Gasteiger partial charge in [0.2, 0.25) is 0 Å². The Morgan fingerprint density at radius 2 is 2.14 bits per heavy atom. The number of rotatable bonds is 2. The molecule has 2 aromatic rings. The van der Waals surface area contributed by atoms with Crippen molar-refractivity contribution in [3.05, 3.63) is 35.9 Å². The van der Waals surface area contributed by atoms with Crippen molar-refractivity contribution >= 4 is 28.3 Å². The number of hydrogen-bond acceptors (Lipinski definition) is 3. The average molecular weight is 305 g/mol. The summed E-state index contributed by atoms with van der Waals surface area (Å²) in [5.74, 6) is 1.46. The van der Waals surface area contributed by atoms with E-state index in [1.807, 2.05) is 18.2 Å². The summed E-state index contributed by atoms with van der Waals surface area (Å²) in [4.78, 5) is 7.16. The number of pyridine rings is 1. The molecule has 1 unspecified atom stereocenters. The summed E-state index contributed by atoms with van der Waals surface area (Å²) in [6.45, 7) is 8.02. The minimum absolute atomic E-state index is 0.172. The van der Waals surface area contributed by atoms with Gasteiger partial charge in [0, 0.05) is 24.0 Å². The first-order valence-corrected chi connectivity index (χ1v) is 7.89. The van der Waals surface area contributed by atoms with Gasteiger partial charge in [0.1, 0.15) is 5.82 Å².